The number of benzene rings is 1. The van der Waals surface area contributed by atoms with Crippen LogP contribution in [0.1, 0.15) is 24.8 Å². The fourth-order valence-corrected chi connectivity index (χ4v) is 2.81. The summed E-state index contributed by atoms with van der Waals surface area (Å²) < 4.78 is 21.7. The highest BCUT2D eigenvalue weighted by Crippen LogP contribution is 2.33. The lowest BCUT2D eigenvalue weighted by atomic mass is 9.87. The van der Waals surface area contributed by atoms with Crippen LogP contribution in [0.4, 0.5) is 5.69 Å². The summed E-state index contributed by atoms with van der Waals surface area (Å²) in [5.41, 5.74) is 1.90. The third-order valence-electron chi connectivity index (χ3n) is 3.33. The smallest absolute Gasteiger partial charge is 0.227 e. The number of sulfonamides is 1. The van der Waals surface area contributed by atoms with Crippen LogP contribution in [0.5, 0.6) is 0 Å². The first-order valence-corrected chi connectivity index (χ1v) is 8.22. The average molecular weight is 297 g/mol. The molecule has 0 aromatic heterocycles. The van der Waals surface area contributed by atoms with Gasteiger partial charge in [-0.3, -0.25) is 4.79 Å². The van der Waals surface area contributed by atoms with Gasteiger partial charge in [-0.1, -0.05) is 18.2 Å². The fourth-order valence-electron chi connectivity index (χ4n) is 2.43. The Morgan fingerprint density at radius 1 is 1.45 bits per heavy atom. The predicted octanol–water partition coefficient (Wildman–Crippen LogP) is 0.379. The maximum absolute atomic E-state index is 12.2. The molecule has 1 aliphatic rings. The number of fused-ring (bicyclic) bond motifs is 1. The van der Waals surface area contributed by atoms with E-state index in [1.807, 2.05) is 31.2 Å². The van der Waals surface area contributed by atoms with Gasteiger partial charge in [0, 0.05) is 18.3 Å². The minimum absolute atomic E-state index is 0.0398. The monoisotopic (exact) mass is 297 g/mol. The normalized spacial score (nSPS) is 21.7. The van der Waals surface area contributed by atoms with Gasteiger partial charge in [0.05, 0.1) is 11.7 Å². The Morgan fingerprint density at radius 3 is 2.85 bits per heavy atom. The van der Waals surface area contributed by atoms with E-state index in [1.165, 1.54) is 0 Å². The molecule has 1 amide bonds. The Morgan fingerprint density at radius 2 is 2.15 bits per heavy atom. The molecule has 0 aliphatic carbocycles. The molecule has 2 atom stereocenters. The summed E-state index contributed by atoms with van der Waals surface area (Å²) in [7, 11) is -3.55. The summed E-state index contributed by atoms with van der Waals surface area (Å²) in [6, 6.07) is 7.85. The highest BCUT2D eigenvalue weighted by atomic mass is 32.2. The summed E-state index contributed by atoms with van der Waals surface area (Å²) in [6.45, 7) is 2.05. The van der Waals surface area contributed by atoms with Crippen molar-refractivity contribution >= 4 is 21.6 Å². The van der Waals surface area contributed by atoms with Gasteiger partial charge in [0.25, 0.3) is 0 Å². The minimum Gasteiger partial charge on any atom is -0.382 e. The second kappa shape index (κ2) is 5.80. The van der Waals surface area contributed by atoms with Crippen LogP contribution in [0, 0.1) is 0 Å². The van der Waals surface area contributed by atoms with Gasteiger partial charge in [-0.25, -0.2) is 13.6 Å². The number of hydrogen-bond donors (Lipinski definition) is 3. The predicted molar refractivity (Wildman–Crippen MR) is 77.9 cm³/mol. The van der Waals surface area contributed by atoms with Crippen LogP contribution in [0.25, 0.3) is 0 Å². The Kier molecular flexibility index (Phi) is 4.29. The SMILES string of the molecule is CC1CC(C(=O)NCCS(N)(=O)=O)c2ccccc2N1. The van der Waals surface area contributed by atoms with Crippen LogP contribution in [-0.4, -0.2) is 32.7 Å². The molecule has 1 aromatic rings. The number of hydrogen-bond acceptors (Lipinski definition) is 4. The molecule has 0 bridgehead atoms. The van der Waals surface area contributed by atoms with Crippen molar-refractivity contribution in [3.05, 3.63) is 29.8 Å². The molecule has 1 heterocycles. The maximum Gasteiger partial charge on any atom is 0.227 e. The highest BCUT2D eigenvalue weighted by molar-refractivity contribution is 7.89. The van der Waals surface area contributed by atoms with E-state index >= 15 is 0 Å². The van der Waals surface area contributed by atoms with Crippen molar-refractivity contribution in [2.24, 2.45) is 5.14 Å². The number of para-hydroxylation sites is 1. The zero-order valence-corrected chi connectivity index (χ0v) is 12.1. The Labute approximate surface area is 118 Å². The number of nitrogens with two attached hydrogens (primary N) is 1. The lowest BCUT2D eigenvalue weighted by Gasteiger charge is -2.30. The number of carbonyl (C=O) groups is 1. The summed E-state index contributed by atoms with van der Waals surface area (Å²) >= 11 is 0. The van der Waals surface area contributed by atoms with E-state index in [1.54, 1.807) is 0 Å². The van der Waals surface area contributed by atoms with Crippen molar-refractivity contribution in [1.82, 2.24) is 5.32 Å². The molecule has 6 nitrogen and oxygen atoms in total. The summed E-state index contributed by atoms with van der Waals surface area (Å²) in [5.74, 6) is -0.668. The molecular weight excluding hydrogens is 278 g/mol. The molecule has 0 spiro atoms. The van der Waals surface area contributed by atoms with Gasteiger partial charge in [0.1, 0.15) is 0 Å². The first kappa shape index (κ1) is 14.8. The van der Waals surface area contributed by atoms with Crippen molar-refractivity contribution in [3.8, 4) is 0 Å². The number of amides is 1. The van der Waals surface area contributed by atoms with E-state index in [0.717, 1.165) is 11.3 Å². The van der Waals surface area contributed by atoms with Crippen LogP contribution in [0.3, 0.4) is 0 Å². The Balaban J connectivity index is 2.07. The molecule has 1 aromatic carbocycles. The van der Waals surface area contributed by atoms with Gasteiger partial charge >= 0.3 is 0 Å². The minimum atomic E-state index is -3.55. The molecule has 0 radical (unpaired) electrons. The number of anilines is 1. The van der Waals surface area contributed by atoms with Crippen molar-refractivity contribution in [2.75, 3.05) is 17.6 Å². The number of primary sulfonamides is 1. The van der Waals surface area contributed by atoms with Gasteiger partial charge in [0.15, 0.2) is 0 Å². The Bertz CT molecular complexity index is 601. The molecule has 2 unspecified atom stereocenters. The van der Waals surface area contributed by atoms with E-state index in [4.69, 9.17) is 5.14 Å². The van der Waals surface area contributed by atoms with Crippen molar-refractivity contribution in [3.63, 3.8) is 0 Å². The van der Waals surface area contributed by atoms with Crippen LogP contribution in [-0.2, 0) is 14.8 Å². The summed E-state index contributed by atoms with van der Waals surface area (Å²) in [4.78, 5) is 12.2. The molecule has 0 saturated carbocycles. The third-order valence-corrected chi connectivity index (χ3v) is 4.10. The highest BCUT2D eigenvalue weighted by Gasteiger charge is 2.29. The van der Waals surface area contributed by atoms with Gasteiger partial charge in [-0.2, -0.15) is 0 Å². The van der Waals surface area contributed by atoms with Gasteiger partial charge in [-0.15, -0.1) is 0 Å². The molecular formula is C13H19N3O3S. The lowest BCUT2D eigenvalue weighted by molar-refractivity contribution is -0.122. The Hall–Kier alpha value is -1.60. The number of carbonyl (C=O) groups excluding carboxylic acids is 1. The number of nitrogens with one attached hydrogen (secondary N) is 2. The van der Waals surface area contributed by atoms with Crippen LogP contribution in [0.2, 0.25) is 0 Å². The topological polar surface area (TPSA) is 101 Å². The molecule has 4 N–H and O–H groups in total. The average Bonchev–Trinajstić information content (AvgIpc) is 2.36. The zero-order valence-electron chi connectivity index (χ0n) is 11.3. The summed E-state index contributed by atoms with van der Waals surface area (Å²) in [5, 5.41) is 10.9. The molecule has 7 heteroatoms. The van der Waals surface area contributed by atoms with Crippen molar-refractivity contribution < 1.29 is 13.2 Å². The molecule has 2 rings (SSSR count). The first-order valence-electron chi connectivity index (χ1n) is 6.50. The van der Waals surface area contributed by atoms with E-state index < -0.39 is 10.0 Å². The second-order valence-electron chi connectivity index (χ2n) is 5.08. The van der Waals surface area contributed by atoms with E-state index in [0.29, 0.717) is 6.42 Å². The lowest BCUT2D eigenvalue weighted by Crippen LogP contribution is -2.38. The van der Waals surface area contributed by atoms with E-state index in [-0.39, 0.29) is 30.2 Å². The second-order valence-corrected chi connectivity index (χ2v) is 6.81. The molecule has 0 fully saturated rings. The van der Waals surface area contributed by atoms with Crippen LogP contribution >= 0.6 is 0 Å². The van der Waals surface area contributed by atoms with Crippen molar-refractivity contribution in [1.29, 1.82) is 0 Å². The molecule has 20 heavy (non-hydrogen) atoms. The van der Waals surface area contributed by atoms with Gasteiger partial charge in [-0.05, 0) is 25.0 Å². The molecule has 0 saturated heterocycles. The summed E-state index contributed by atoms with van der Waals surface area (Å²) in [6.07, 6.45) is 0.679. The van der Waals surface area contributed by atoms with Gasteiger partial charge in [0.2, 0.25) is 15.9 Å². The third kappa shape index (κ3) is 3.71. The quantitative estimate of drug-likeness (QED) is 0.747. The van der Waals surface area contributed by atoms with E-state index in [2.05, 4.69) is 10.6 Å². The van der Waals surface area contributed by atoms with Crippen LogP contribution < -0.4 is 15.8 Å². The van der Waals surface area contributed by atoms with Crippen LogP contribution in [0.15, 0.2) is 24.3 Å². The maximum atomic E-state index is 12.2. The van der Waals surface area contributed by atoms with E-state index in [9.17, 15) is 13.2 Å². The fraction of sp³-hybridized carbons (Fsp3) is 0.462. The first-order chi connectivity index (χ1) is 9.37. The largest absolute Gasteiger partial charge is 0.382 e. The van der Waals surface area contributed by atoms with Gasteiger partial charge < -0.3 is 10.6 Å². The molecule has 110 valence electrons. The molecule has 1 aliphatic heterocycles. The zero-order chi connectivity index (χ0) is 14.8. The standard InChI is InChI=1S/C13H19N3O3S/c1-9-8-11(10-4-2-3-5-12(10)16-9)13(17)15-6-7-20(14,18)19/h2-5,9,11,16H,6-8H2,1H3,(H,15,17)(H2,14,18,19). The van der Waals surface area contributed by atoms with Crippen molar-refractivity contribution in [2.45, 2.75) is 25.3 Å². The number of rotatable bonds is 4.